The maximum atomic E-state index is 13.5. The molecule has 0 bridgehead atoms. The first-order chi connectivity index (χ1) is 10.2. The Morgan fingerprint density at radius 1 is 1.10 bits per heavy atom. The Bertz CT molecular complexity index is 765. The number of aromatic nitrogens is 2. The van der Waals surface area contributed by atoms with E-state index in [1.54, 1.807) is 12.3 Å². The number of rotatable bonds is 3. The Balaban J connectivity index is 1.93. The van der Waals surface area contributed by atoms with Crippen LogP contribution in [0.25, 0.3) is 22.6 Å². The number of H-pyrrole nitrogens is 1. The molecule has 0 aliphatic rings. The van der Waals surface area contributed by atoms with E-state index in [1.165, 1.54) is 12.1 Å². The van der Waals surface area contributed by atoms with E-state index in [4.69, 9.17) is 11.6 Å². The quantitative estimate of drug-likeness (QED) is 0.743. The van der Waals surface area contributed by atoms with Gasteiger partial charge in [0.2, 0.25) is 0 Å². The molecule has 3 rings (SSSR count). The minimum absolute atomic E-state index is 0.105. The minimum Gasteiger partial charge on any atom is -0.388 e. The fourth-order valence-corrected chi connectivity index (χ4v) is 2.19. The molecule has 0 atom stereocenters. The Hall–Kier alpha value is -2.33. The molecular formula is C16H13ClFN3. The molecule has 1 aromatic heterocycles. The van der Waals surface area contributed by atoms with E-state index in [1.807, 2.05) is 31.3 Å². The second kappa shape index (κ2) is 5.58. The van der Waals surface area contributed by atoms with Gasteiger partial charge in [0, 0.05) is 18.3 Å². The van der Waals surface area contributed by atoms with Crippen LogP contribution in [0.3, 0.4) is 0 Å². The molecule has 5 heteroatoms. The zero-order valence-corrected chi connectivity index (χ0v) is 12.1. The molecule has 21 heavy (non-hydrogen) atoms. The number of hydrogen-bond donors (Lipinski definition) is 2. The summed E-state index contributed by atoms with van der Waals surface area (Å²) in [7, 11) is 1.87. The van der Waals surface area contributed by atoms with Crippen LogP contribution in [-0.4, -0.2) is 17.0 Å². The van der Waals surface area contributed by atoms with E-state index < -0.39 is 5.82 Å². The van der Waals surface area contributed by atoms with Crippen molar-refractivity contribution in [1.29, 1.82) is 0 Å². The summed E-state index contributed by atoms with van der Waals surface area (Å²) in [6.07, 6.45) is 1.73. The van der Waals surface area contributed by atoms with Crippen molar-refractivity contribution in [2.75, 3.05) is 12.4 Å². The van der Waals surface area contributed by atoms with Gasteiger partial charge in [0.25, 0.3) is 0 Å². The third-order valence-electron chi connectivity index (χ3n) is 3.25. The number of imidazole rings is 1. The maximum Gasteiger partial charge on any atom is 0.142 e. The first-order valence-electron chi connectivity index (χ1n) is 6.46. The molecule has 0 saturated heterocycles. The molecule has 0 aliphatic heterocycles. The van der Waals surface area contributed by atoms with Crippen molar-refractivity contribution in [2.45, 2.75) is 0 Å². The van der Waals surface area contributed by atoms with Crippen LogP contribution < -0.4 is 5.32 Å². The number of nitrogens with zero attached hydrogens (tertiary/aromatic N) is 1. The van der Waals surface area contributed by atoms with Gasteiger partial charge in [0.15, 0.2) is 0 Å². The monoisotopic (exact) mass is 301 g/mol. The third-order valence-corrected chi connectivity index (χ3v) is 3.56. The summed E-state index contributed by atoms with van der Waals surface area (Å²) in [4.78, 5) is 7.48. The average molecular weight is 302 g/mol. The number of aromatic amines is 1. The van der Waals surface area contributed by atoms with Gasteiger partial charge in [-0.25, -0.2) is 9.37 Å². The van der Waals surface area contributed by atoms with Gasteiger partial charge < -0.3 is 10.3 Å². The van der Waals surface area contributed by atoms with Gasteiger partial charge in [-0.3, -0.25) is 0 Å². The standard InChI is InChI=1S/C16H13ClFN3/c1-19-12-5-2-10(3-6-12)15-9-20-16(21-15)11-4-7-13(17)14(18)8-11/h2-9,19H,1H3,(H,20,21). The van der Waals surface area contributed by atoms with Crippen LogP contribution in [0.15, 0.2) is 48.7 Å². The Kier molecular flexibility index (Phi) is 3.62. The van der Waals surface area contributed by atoms with Crippen LogP contribution in [0, 0.1) is 5.82 Å². The van der Waals surface area contributed by atoms with Crippen LogP contribution in [0.1, 0.15) is 0 Å². The van der Waals surface area contributed by atoms with Crippen LogP contribution in [0.4, 0.5) is 10.1 Å². The summed E-state index contributed by atoms with van der Waals surface area (Å²) in [5.74, 6) is 0.156. The van der Waals surface area contributed by atoms with E-state index in [0.29, 0.717) is 11.4 Å². The molecule has 3 nitrogen and oxygen atoms in total. The minimum atomic E-state index is -0.453. The fraction of sp³-hybridized carbons (Fsp3) is 0.0625. The second-order valence-electron chi connectivity index (χ2n) is 4.60. The van der Waals surface area contributed by atoms with Gasteiger partial charge in [0.05, 0.1) is 16.9 Å². The van der Waals surface area contributed by atoms with Gasteiger partial charge in [-0.05, 0) is 35.9 Å². The molecule has 3 aromatic rings. The fourth-order valence-electron chi connectivity index (χ4n) is 2.07. The first-order valence-corrected chi connectivity index (χ1v) is 6.84. The third kappa shape index (κ3) is 2.76. The molecule has 0 unspecified atom stereocenters. The average Bonchev–Trinajstić information content (AvgIpc) is 3.00. The van der Waals surface area contributed by atoms with Crippen molar-refractivity contribution < 1.29 is 4.39 Å². The van der Waals surface area contributed by atoms with E-state index in [2.05, 4.69) is 15.3 Å². The van der Waals surface area contributed by atoms with Crippen molar-refractivity contribution in [1.82, 2.24) is 9.97 Å². The molecule has 2 N–H and O–H groups in total. The predicted octanol–water partition coefficient (Wildman–Crippen LogP) is 4.58. The molecule has 106 valence electrons. The largest absolute Gasteiger partial charge is 0.388 e. The van der Waals surface area contributed by atoms with Gasteiger partial charge in [0.1, 0.15) is 11.6 Å². The van der Waals surface area contributed by atoms with Gasteiger partial charge in [-0.2, -0.15) is 0 Å². The van der Waals surface area contributed by atoms with Crippen molar-refractivity contribution in [2.24, 2.45) is 0 Å². The van der Waals surface area contributed by atoms with Crippen LogP contribution >= 0.6 is 11.6 Å². The zero-order chi connectivity index (χ0) is 14.8. The highest BCUT2D eigenvalue weighted by Crippen LogP contribution is 2.25. The lowest BCUT2D eigenvalue weighted by Crippen LogP contribution is -1.87. The number of hydrogen-bond acceptors (Lipinski definition) is 2. The topological polar surface area (TPSA) is 40.7 Å². The highest BCUT2D eigenvalue weighted by Gasteiger charge is 2.08. The van der Waals surface area contributed by atoms with Gasteiger partial charge in [-0.1, -0.05) is 23.7 Å². The summed E-state index contributed by atoms with van der Waals surface area (Å²) in [5, 5.41) is 3.17. The maximum absolute atomic E-state index is 13.5. The summed E-state index contributed by atoms with van der Waals surface area (Å²) in [5.41, 5.74) is 3.60. The molecule has 0 fully saturated rings. The SMILES string of the molecule is CNc1ccc(-c2cnc(-c3ccc(Cl)c(F)c3)[nH]2)cc1. The lowest BCUT2D eigenvalue weighted by Gasteiger charge is -2.02. The number of anilines is 1. The Morgan fingerprint density at radius 3 is 2.48 bits per heavy atom. The van der Waals surface area contributed by atoms with E-state index >= 15 is 0 Å². The Labute approximate surface area is 126 Å². The smallest absolute Gasteiger partial charge is 0.142 e. The van der Waals surface area contributed by atoms with Crippen molar-refractivity contribution in [3.05, 3.63) is 59.5 Å². The van der Waals surface area contributed by atoms with Gasteiger partial charge in [-0.15, -0.1) is 0 Å². The molecule has 0 amide bonds. The van der Waals surface area contributed by atoms with Crippen LogP contribution in [-0.2, 0) is 0 Å². The van der Waals surface area contributed by atoms with Crippen molar-refractivity contribution in [3.8, 4) is 22.6 Å². The van der Waals surface area contributed by atoms with Crippen molar-refractivity contribution >= 4 is 17.3 Å². The zero-order valence-electron chi connectivity index (χ0n) is 11.3. The lowest BCUT2D eigenvalue weighted by atomic mass is 10.1. The van der Waals surface area contributed by atoms with E-state index in [0.717, 1.165) is 16.9 Å². The summed E-state index contributed by atoms with van der Waals surface area (Å²) in [6.45, 7) is 0. The second-order valence-corrected chi connectivity index (χ2v) is 5.01. The first kappa shape index (κ1) is 13.6. The van der Waals surface area contributed by atoms with E-state index in [9.17, 15) is 4.39 Å². The highest BCUT2D eigenvalue weighted by atomic mass is 35.5. The molecule has 0 saturated carbocycles. The van der Waals surface area contributed by atoms with E-state index in [-0.39, 0.29) is 5.02 Å². The predicted molar refractivity (Wildman–Crippen MR) is 84.0 cm³/mol. The van der Waals surface area contributed by atoms with Crippen molar-refractivity contribution in [3.63, 3.8) is 0 Å². The summed E-state index contributed by atoms with van der Waals surface area (Å²) < 4.78 is 13.5. The summed E-state index contributed by atoms with van der Waals surface area (Å²) >= 11 is 5.69. The summed E-state index contributed by atoms with van der Waals surface area (Å²) in [6, 6.07) is 12.6. The highest BCUT2D eigenvalue weighted by molar-refractivity contribution is 6.30. The Morgan fingerprint density at radius 2 is 1.81 bits per heavy atom. The normalized spacial score (nSPS) is 10.6. The van der Waals surface area contributed by atoms with Crippen LogP contribution in [0.2, 0.25) is 5.02 Å². The molecule has 0 radical (unpaired) electrons. The lowest BCUT2D eigenvalue weighted by molar-refractivity contribution is 0.628. The van der Waals surface area contributed by atoms with Gasteiger partial charge >= 0.3 is 0 Å². The molecule has 0 spiro atoms. The number of halogens is 2. The number of benzene rings is 2. The molecule has 0 aliphatic carbocycles. The molecule has 2 aromatic carbocycles. The molecule has 1 heterocycles. The number of nitrogens with one attached hydrogen (secondary N) is 2. The molecular weight excluding hydrogens is 289 g/mol. The van der Waals surface area contributed by atoms with Crippen LogP contribution in [0.5, 0.6) is 0 Å².